The maximum atomic E-state index is 12.5. The van der Waals surface area contributed by atoms with Crippen LogP contribution < -0.4 is 5.32 Å². The minimum absolute atomic E-state index is 0.176. The fourth-order valence-corrected chi connectivity index (χ4v) is 1.93. The summed E-state index contributed by atoms with van der Waals surface area (Å²) in [5, 5.41) is 2.40. The van der Waals surface area contributed by atoms with Crippen molar-refractivity contribution in [1.82, 2.24) is 4.57 Å². The highest BCUT2D eigenvalue weighted by Gasteiger charge is 2.30. The first-order valence-electron chi connectivity index (χ1n) is 6.99. The van der Waals surface area contributed by atoms with Crippen LogP contribution in [0.25, 0.3) is 0 Å². The van der Waals surface area contributed by atoms with Crippen LogP contribution in [0.4, 0.5) is 18.9 Å². The second kappa shape index (κ2) is 6.77. The van der Waals surface area contributed by atoms with E-state index in [-0.39, 0.29) is 11.4 Å². The Balaban J connectivity index is 1.96. The summed E-state index contributed by atoms with van der Waals surface area (Å²) in [5.41, 5.74) is -0.359. The first kappa shape index (κ1) is 17.6. The molecule has 1 aromatic carbocycles. The van der Waals surface area contributed by atoms with Crippen molar-refractivity contribution in [2.24, 2.45) is 7.05 Å². The third-order valence-electron chi connectivity index (χ3n) is 3.29. The number of aromatic nitrogens is 1. The molecule has 5 nitrogen and oxygen atoms in total. The average Bonchev–Trinajstić information content (AvgIpc) is 2.93. The van der Waals surface area contributed by atoms with Crippen LogP contribution in [0.15, 0.2) is 42.6 Å². The van der Waals surface area contributed by atoms with E-state index in [2.05, 4.69) is 5.32 Å². The van der Waals surface area contributed by atoms with E-state index in [4.69, 9.17) is 4.74 Å². The van der Waals surface area contributed by atoms with Gasteiger partial charge in [0.25, 0.3) is 5.91 Å². The maximum Gasteiger partial charge on any atom is 0.416 e. The van der Waals surface area contributed by atoms with Gasteiger partial charge in [0.2, 0.25) is 0 Å². The Kier molecular flexibility index (Phi) is 4.96. The standard InChI is InChI=1S/C16H15F3N2O3/c1-10(24-15(23)13-4-3-9-21(13)2)14(22)20-12-7-5-11(6-8-12)16(17,18)19/h3-10H,1-2H3,(H,20,22)/t10-/m0/s1. The summed E-state index contributed by atoms with van der Waals surface area (Å²) in [6.07, 6.45) is -3.89. The summed E-state index contributed by atoms with van der Waals surface area (Å²) in [7, 11) is 1.66. The van der Waals surface area contributed by atoms with Gasteiger partial charge in [0.15, 0.2) is 6.10 Å². The van der Waals surface area contributed by atoms with Crippen molar-refractivity contribution in [2.45, 2.75) is 19.2 Å². The van der Waals surface area contributed by atoms with Gasteiger partial charge in [-0.05, 0) is 43.3 Å². The van der Waals surface area contributed by atoms with Crippen molar-refractivity contribution in [2.75, 3.05) is 5.32 Å². The van der Waals surface area contributed by atoms with Crippen LogP contribution in [-0.4, -0.2) is 22.5 Å². The Bertz CT molecular complexity index is 736. The molecule has 0 spiro atoms. The Morgan fingerprint density at radius 1 is 1.17 bits per heavy atom. The summed E-state index contributed by atoms with van der Waals surface area (Å²) in [4.78, 5) is 23.9. The molecule has 1 heterocycles. The minimum atomic E-state index is -4.44. The lowest BCUT2D eigenvalue weighted by Gasteiger charge is -2.14. The number of ether oxygens (including phenoxy) is 1. The van der Waals surface area contributed by atoms with E-state index in [0.29, 0.717) is 0 Å². The molecule has 0 aliphatic heterocycles. The number of alkyl halides is 3. The quantitative estimate of drug-likeness (QED) is 0.870. The molecule has 0 unspecified atom stereocenters. The Morgan fingerprint density at radius 3 is 2.29 bits per heavy atom. The number of aryl methyl sites for hydroxylation is 1. The lowest BCUT2D eigenvalue weighted by molar-refractivity contribution is -0.137. The molecule has 2 aromatic rings. The van der Waals surface area contributed by atoms with Crippen molar-refractivity contribution in [3.05, 3.63) is 53.9 Å². The van der Waals surface area contributed by atoms with E-state index in [1.54, 1.807) is 29.9 Å². The number of anilines is 1. The van der Waals surface area contributed by atoms with Crippen molar-refractivity contribution in [1.29, 1.82) is 0 Å². The number of carbonyl (C=O) groups excluding carboxylic acids is 2. The molecule has 2 rings (SSSR count). The van der Waals surface area contributed by atoms with Crippen molar-refractivity contribution >= 4 is 17.6 Å². The fraction of sp³-hybridized carbons (Fsp3) is 0.250. The smallest absolute Gasteiger partial charge is 0.416 e. The fourth-order valence-electron chi connectivity index (χ4n) is 1.93. The molecule has 8 heteroatoms. The molecule has 0 aliphatic carbocycles. The molecule has 1 atom stereocenters. The second-order valence-electron chi connectivity index (χ2n) is 5.12. The number of hydrogen-bond acceptors (Lipinski definition) is 3. The molecule has 0 fully saturated rings. The van der Waals surface area contributed by atoms with Gasteiger partial charge in [-0.2, -0.15) is 13.2 Å². The molecule has 1 amide bonds. The molecular weight excluding hydrogens is 325 g/mol. The first-order valence-corrected chi connectivity index (χ1v) is 6.99. The number of benzene rings is 1. The Morgan fingerprint density at radius 2 is 1.79 bits per heavy atom. The number of esters is 1. The van der Waals surface area contributed by atoms with E-state index in [9.17, 15) is 22.8 Å². The van der Waals surface area contributed by atoms with E-state index in [0.717, 1.165) is 24.3 Å². The molecule has 0 aliphatic rings. The van der Waals surface area contributed by atoms with Crippen LogP contribution in [-0.2, 0) is 22.8 Å². The summed E-state index contributed by atoms with van der Waals surface area (Å²) in [6.45, 7) is 1.38. The molecule has 1 aromatic heterocycles. The summed E-state index contributed by atoms with van der Waals surface area (Å²) < 4.78 is 44.0. The van der Waals surface area contributed by atoms with Gasteiger partial charge < -0.3 is 14.6 Å². The zero-order chi connectivity index (χ0) is 17.9. The predicted octanol–water partition coefficient (Wildman–Crippen LogP) is 3.23. The van der Waals surface area contributed by atoms with E-state index in [1.165, 1.54) is 6.92 Å². The number of nitrogens with zero attached hydrogens (tertiary/aromatic N) is 1. The van der Waals surface area contributed by atoms with Gasteiger partial charge in [0.05, 0.1) is 5.56 Å². The topological polar surface area (TPSA) is 60.3 Å². The number of amides is 1. The lowest BCUT2D eigenvalue weighted by atomic mass is 10.2. The van der Waals surface area contributed by atoms with Crippen LogP contribution in [0.2, 0.25) is 0 Å². The molecule has 24 heavy (non-hydrogen) atoms. The normalized spacial score (nSPS) is 12.5. The van der Waals surface area contributed by atoms with Gasteiger partial charge >= 0.3 is 12.1 Å². The average molecular weight is 340 g/mol. The summed E-state index contributed by atoms with van der Waals surface area (Å²) in [5.74, 6) is -1.31. The molecular formula is C16H15F3N2O3. The SMILES string of the molecule is C[C@H](OC(=O)c1cccn1C)C(=O)Nc1ccc(C(F)(F)F)cc1. The van der Waals surface area contributed by atoms with Crippen molar-refractivity contribution in [3.8, 4) is 0 Å². The monoisotopic (exact) mass is 340 g/mol. The minimum Gasteiger partial charge on any atom is -0.448 e. The zero-order valence-corrected chi connectivity index (χ0v) is 12.9. The third kappa shape index (κ3) is 4.15. The molecule has 0 saturated carbocycles. The Hall–Kier alpha value is -2.77. The highest BCUT2D eigenvalue weighted by Crippen LogP contribution is 2.29. The highest BCUT2D eigenvalue weighted by atomic mass is 19.4. The highest BCUT2D eigenvalue weighted by molar-refractivity contribution is 5.96. The molecule has 1 N–H and O–H groups in total. The van der Waals surface area contributed by atoms with Crippen molar-refractivity contribution in [3.63, 3.8) is 0 Å². The number of hydrogen-bond donors (Lipinski definition) is 1. The van der Waals surface area contributed by atoms with Crippen LogP contribution in [0.5, 0.6) is 0 Å². The first-order chi connectivity index (χ1) is 11.2. The number of halogens is 3. The van der Waals surface area contributed by atoms with Crippen LogP contribution in [0, 0.1) is 0 Å². The van der Waals surface area contributed by atoms with Gasteiger partial charge in [-0.3, -0.25) is 4.79 Å². The van der Waals surface area contributed by atoms with Gasteiger partial charge in [-0.1, -0.05) is 0 Å². The predicted molar refractivity (Wildman–Crippen MR) is 80.4 cm³/mol. The van der Waals surface area contributed by atoms with Crippen LogP contribution in [0.1, 0.15) is 23.0 Å². The number of rotatable bonds is 4. The van der Waals surface area contributed by atoms with Crippen molar-refractivity contribution < 1.29 is 27.5 Å². The summed E-state index contributed by atoms with van der Waals surface area (Å²) in [6, 6.07) is 7.18. The molecule has 0 bridgehead atoms. The zero-order valence-electron chi connectivity index (χ0n) is 12.9. The van der Waals surface area contributed by atoms with Gasteiger partial charge in [0.1, 0.15) is 5.69 Å². The largest absolute Gasteiger partial charge is 0.448 e. The Labute approximate surface area is 136 Å². The van der Waals surface area contributed by atoms with E-state index < -0.39 is 29.7 Å². The molecule has 0 saturated heterocycles. The van der Waals surface area contributed by atoms with Gasteiger partial charge in [-0.25, -0.2) is 4.79 Å². The lowest BCUT2D eigenvalue weighted by Crippen LogP contribution is -2.30. The molecule has 0 radical (unpaired) electrons. The van der Waals surface area contributed by atoms with Gasteiger partial charge in [0, 0.05) is 18.9 Å². The van der Waals surface area contributed by atoms with E-state index in [1.807, 2.05) is 0 Å². The number of carbonyl (C=O) groups is 2. The van der Waals surface area contributed by atoms with Gasteiger partial charge in [-0.15, -0.1) is 0 Å². The van der Waals surface area contributed by atoms with E-state index >= 15 is 0 Å². The maximum absolute atomic E-state index is 12.5. The third-order valence-corrected chi connectivity index (χ3v) is 3.29. The number of nitrogens with one attached hydrogen (secondary N) is 1. The van der Waals surface area contributed by atoms with Crippen LogP contribution in [0.3, 0.4) is 0 Å². The molecule has 128 valence electrons. The van der Waals surface area contributed by atoms with Crippen LogP contribution >= 0.6 is 0 Å². The summed E-state index contributed by atoms with van der Waals surface area (Å²) >= 11 is 0. The second-order valence-corrected chi connectivity index (χ2v) is 5.12.